The molecule has 1 heterocycles. The molecule has 2 aromatic carbocycles. The molecule has 1 aliphatic rings. The van der Waals surface area contributed by atoms with Crippen molar-refractivity contribution in [3.05, 3.63) is 71.8 Å². The molecule has 7 nitrogen and oxygen atoms in total. The first-order valence-corrected chi connectivity index (χ1v) is 12.5. The van der Waals surface area contributed by atoms with Gasteiger partial charge in [0.2, 0.25) is 11.8 Å². The molecular weight excluding hydrogens is 470 g/mol. The lowest BCUT2D eigenvalue weighted by atomic mass is 10.2. The average molecular weight is 492 g/mol. The van der Waals surface area contributed by atoms with E-state index in [1.165, 1.54) is 23.1 Å². The predicted octanol–water partition coefficient (Wildman–Crippen LogP) is 4.11. The van der Waals surface area contributed by atoms with Crippen molar-refractivity contribution < 1.29 is 18.0 Å². The second-order valence-electron chi connectivity index (χ2n) is 6.95. The van der Waals surface area contributed by atoms with E-state index in [-0.39, 0.29) is 28.9 Å². The largest absolute Gasteiger partial charge is 0.326 e. The molecule has 168 valence electrons. The highest BCUT2D eigenvalue weighted by atomic mass is 35.5. The van der Waals surface area contributed by atoms with Crippen LogP contribution in [0.3, 0.4) is 0 Å². The third-order valence-electron chi connectivity index (χ3n) is 4.66. The summed E-state index contributed by atoms with van der Waals surface area (Å²) in [5.41, 5.74) is 1.55. The predicted molar refractivity (Wildman–Crippen MR) is 128 cm³/mol. The number of carbonyl (C=O) groups is 2. The van der Waals surface area contributed by atoms with Gasteiger partial charge in [-0.3, -0.25) is 14.5 Å². The van der Waals surface area contributed by atoms with Crippen LogP contribution < -0.4 is 5.32 Å². The molecular formula is C22H22ClN3O4S2. The van der Waals surface area contributed by atoms with Crippen LogP contribution in [-0.4, -0.2) is 42.1 Å². The van der Waals surface area contributed by atoms with Crippen LogP contribution in [0.4, 0.5) is 5.69 Å². The highest BCUT2D eigenvalue weighted by Crippen LogP contribution is 2.31. The normalized spacial score (nSPS) is 17.6. The fraction of sp³-hybridized carbons (Fsp3) is 0.227. The maximum atomic E-state index is 12.8. The number of nitrogens with one attached hydrogen (secondary N) is 1. The lowest BCUT2D eigenvalue weighted by Gasteiger charge is -2.13. The second kappa shape index (κ2) is 10.3. The van der Waals surface area contributed by atoms with E-state index in [0.29, 0.717) is 10.7 Å². The molecule has 10 heteroatoms. The van der Waals surface area contributed by atoms with E-state index in [9.17, 15) is 18.0 Å². The smallest absolute Gasteiger partial charge is 0.284 e. The van der Waals surface area contributed by atoms with Gasteiger partial charge in [-0.15, -0.1) is 11.0 Å². The first kappa shape index (κ1) is 24.0. The molecule has 1 atom stereocenters. The van der Waals surface area contributed by atoms with Crippen LogP contribution in [0.15, 0.2) is 70.5 Å². The van der Waals surface area contributed by atoms with Gasteiger partial charge in [-0.1, -0.05) is 48.5 Å². The first-order valence-electron chi connectivity index (χ1n) is 9.81. The lowest BCUT2D eigenvalue weighted by Crippen LogP contribution is -2.33. The minimum absolute atomic E-state index is 0.0266. The summed E-state index contributed by atoms with van der Waals surface area (Å²) in [6.07, 6.45) is 2.13. The Kier molecular flexibility index (Phi) is 7.76. The van der Waals surface area contributed by atoms with Crippen LogP contribution in [0, 0.1) is 0 Å². The number of hydrogen-bond acceptors (Lipinski definition) is 5. The maximum Gasteiger partial charge on any atom is 0.284 e. The third kappa shape index (κ3) is 5.79. The number of carbonyl (C=O) groups excluding carboxylic acids is 2. The first-order chi connectivity index (χ1) is 15.2. The van der Waals surface area contributed by atoms with E-state index >= 15 is 0 Å². The number of halogens is 1. The summed E-state index contributed by atoms with van der Waals surface area (Å²) in [6.45, 7) is 5.68. The fourth-order valence-corrected chi connectivity index (χ4v) is 5.46. The second-order valence-corrected chi connectivity index (χ2v) is 10.2. The molecule has 0 bridgehead atoms. The summed E-state index contributed by atoms with van der Waals surface area (Å²) in [4.78, 5) is 26.5. The van der Waals surface area contributed by atoms with Gasteiger partial charge in [0.1, 0.15) is 5.25 Å². The Bertz CT molecular complexity index is 1150. The third-order valence-corrected chi connectivity index (χ3v) is 7.48. The summed E-state index contributed by atoms with van der Waals surface area (Å²) in [7, 11) is -4.02. The summed E-state index contributed by atoms with van der Waals surface area (Å²) < 4.78 is 29.5. The van der Waals surface area contributed by atoms with Crippen molar-refractivity contribution in [2.45, 2.75) is 29.9 Å². The average Bonchev–Trinajstić information content (AvgIpc) is 3.04. The Hall–Kier alpha value is -2.62. The monoisotopic (exact) mass is 491 g/mol. The Labute approximate surface area is 196 Å². The number of thioether (sulfide) groups is 1. The number of hydrogen-bond donors (Lipinski definition) is 1. The zero-order chi connectivity index (χ0) is 23.3. The highest BCUT2D eigenvalue weighted by molar-refractivity contribution is 8.16. The lowest BCUT2D eigenvalue weighted by molar-refractivity contribution is -0.127. The molecule has 1 unspecified atom stereocenters. The number of sulfonamides is 1. The van der Waals surface area contributed by atoms with Gasteiger partial charge in [-0.2, -0.15) is 8.42 Å². The van der Waals surface area contributed by atoms with Gasteiger partial charge in [0.25, 0.3) is 10.0 Å². The van der Waals surface area contributed by atoms with Crippen LogP contribution in [0.1, 0.15) is 18.9 Å². The summed E-state index contributed by atoms with van der Waals surface area (Å²) in [6, 6.07) is 13.0. The van der Waals surface area contributed by atoms with Gasteiger partial charge in [-0.05, 0) is 48.4 Å². The minimum Gasteiger partial charge on any atom is -0.326 e. The zero-order valence-electron chi connectivity index (χ0n) is 17.3. The molecule has 0 saturated carbocycles. The molecule has 0 spiro atoms. The van der Waals surface area contributed by atoms with E-state index in [1.807, 2.05) is 6.92 Å². The highest BCUT2D eigenvalue weighted by Gasteiger charge is 2.39. The molecule has 1 aliphatic heterocycles. The van der Waals surface area contributed by atoms with E-state index in [4.69, 9.17) is 11.6 Å². The number of aryl methyl sites for hydroxylation is 1. The summed E-state index contributed by atoms with van der Waals surface area (Å²) in [5, 5.41) is 2.47. The quantitative estimate of drug-likeness (QED) is 0.561. The number of rotatable bonds is 8. The zero-order valence-corrected chi connectivity index (χ0v) is 19.7. The Balaban J connectivity index is 1.78. The van der Waals surface area contributed by atoms with Gasteiger partial charge in [0, 0.05) is 23.7 Å². The fourth-order valence-electron chi connectivity index (χ4n) is 2.97. The van der Waals surface area contributed by atoms with Crippen molar-refractivity contribution in [1.82, 2.24) is 4.90 Å². The minimum atomic E-state index is -4.02. The Morgan fingerprint density at radius 3 is 2.47 bits per heavy atom. The van der Waals surface area contributed by atoms with Gasteiger partial charge >= 0.3 is 0 Å². The van der Waals surface area contributed by atoms with Gasteiger partial charge in [-0.25, -0.2) is 0 Å². The van der Waals surface area contributed by atoms with Crippen molar-refractivity contribution in [2.24, 2.45) is 4.40 Å². The maximum absolute atomic E-state index is 12.8. The molecule has 2 aromatic rings. The molecule has 3 rings (SSSR count). The van der Waals surface area contributed by atoms with Crippen LogP contribution in [0.25, 0.3) is 0 Å². The van der Waals surface area contributed by atoms with Crippen LogP contribution in [0.5, 0.6) is 0 Å². The Morgan fingerprint density at radius 1 is 1.22 bits per heavy atom. The molecule has 1 saturated heterocycles. The number of amides is 2. The van der Waals surface area contributed by atoms with Crippen LogP contribution >= 0.6 is 23.4 Å². The van der Waals surface area contributed by atoms with Gasteiger partial charge < -0.3 is 5.32 Å². The number of nitrogens with zero attached hydrogens (tertiary/aromatic N) is 2. The molecule has 1 fully saturated rings. The van der Waals surface area contributed by atoms with E-state index < -0.39 is 21.2 Å². The molecule has 0 radical (unpaired) electrons. The molecule has 0 aliphatic carbocycles. The molecule has 1 N–H and O–H groups in total. The number of amidine groups is 1. The van der Waals surface area contributed by atoms with Gasteiger partial charge in [0.05, 0.1) is 4.90 Å². The topological polar surface area (TPSA) is 95.9 Å². The number of benzene rings is 2. The van der Waals surface area contributed by atoms with E-state index in [1.54, 1.807) is 36.4 Å². The Morgan fingerprint density at radius 2 is 1.88 bits per heavy atom. The number of anilines is 1. The van der Waals surface area contributed by atoms with Crippen LogP contribution in [-0.2, 0) is 26.0 Å². The molecule has 2 amide bonds. The van der Waals surface area contributed by atoms with Crippen LogP contribution in [0.2, 0.25) is 5.02 Å². The van der Waals surface area contributed by atoms with Crippen molar-refractivity contribution in [1.29, 1.82) is 0 Å². The van der Waals surface area contributed by atoms with E-state index in [0.717, 1.165) is 23.7 Å². The summed E-state index contributed by atoms with van der Waals surface area (Å²) >= 11 is 6.80. The standard InChI is InChI=1S/C22H22ClN3O4S2/c1-3-13-26-21(28)19(14-20(27)24-17-9-7-16(23)8-10-17)31-22(26)25-32(29,30)18-11-5-15(4-2)6-12-18/h3,5-12,19H,1,4,13-14H2,2H3,(H,24,27)/b25-22-. The van der Waals surface area contributed by atoms with E-state index in [2.05, 4.69) is 16.3 Å². The molecule has 32 heavy (non-hydrogen) atoms. The van der Waals surface area contributed by atoms with Crippen molar-refractivity contribution >= 4 is 56.1 Å². The SMILES string of the molecule is C=CCN1C(=O)C(CC(=O)Nc2ccc(Cl)cc2)S/C1=N\S(=O)(=O)c1ccc(CC)cc1. The van der Waals surface area contributed by atoms with Gasteiger partial charge in [0.15, 0.2) is 5.17 Å². The van der Waals surface area contributed by atoms with Crippen molar-refractivity contribution in [2.75, 3.05) is 11.9 Å². The van der Waals surface area contributed by atoms with Crippen molar-refractivity contribution in [3.63, 3.8) is 0 Å². The summed E-state index contributed by atoms with van der Waals surface area (Å²) in [5.74, 6) is -0.771. The molecule has 0 aromatic heterocycles. The van der Waals surface area contributed by atoms with Crippen molar-refractivity contribution in [3.8, 4) is 0 Å².